The van der Waals surface area contributed by atoms with Crippen LogP contribution in [0.4, 0.5) is 0 Å². The molecule has 5 nitrogen and oxygen atoms in total. The second-order valence-corrected chi connectivity index (χ2v) is 3.64. The van der Waals surface area contributed by atoms with Crippen LogP contribution in [0.1, 0.15) is 19.4 Å². The molecule has 1 rings (SSSR count). The van der Waals surface area contributed by atoms with Crippen LogP contribution in [0.2, 0.25) is 0 Å². The first-order valence-electron chi connectivity index (χ1n) is 4.16. The molecule has 0 aliphatic carbocycles. The number of aromatic nitrogens is 2. The molecule has 0 aliphatic heterocycles. The molecule has 0 saturated heterocycles. The fourth-order valence-corrected chi connectivity index (χ4v) is 0.765. The molecule has 5 heteroatoms. The first-order chi connectivity index (χ1) is 6.53. The second-order valence-electron chi connectivity index (χ2n) is 3.64. The first-order valence-corrected chi connectivity index (χ1v) is 4.16. The van der Waals surface area contributed by atoms with Crippen LogP contribution in [0, 0.1) is 11.3 Å². The van der Waals surface area contributed by atoms with E-state index in [0.29, 0.717) is 12.2 Å². The molecule has 0 fully saturated rings. The Labute approximate surface area is 82.5 Å². The summed E-state index contributed by atoms with van der Waals surface area (Å²) in [5, 5.41) is 16.0. The minimum absolute atomic E-state index is 0.230. The molecule has 0 aliphatic rings. The van der Waals surface area contributed by atoms with Crippen LogP contribution >= 0.6 is 0 Å². The van der Waals surface area contributed by atoms with E-state index in [1.807, 2.05) is 19.9 Å². The zero-order valence-electron chi connectivity index (χ0n) is 8.19. The molecule has 0 radical (unpaired) electrons. The zero-order chi connectivity index (χ0) is 10.6. The lowest BCUT2D eigenvalue weighted by molar-refractivity contribution is 0.232. The van der Waals surface area contributed by atoms with Crippen molar-refractivity contribution in [2.45, 2.75) is 19.4 Å². The van der Waals surface area contributed by atoms with Gasteiger partial charge in [0.2, 0.25) is 0 Å². The Morgan fingerprint density at radius 3 is 2.93 bits per heavy atom. The second kappa shape index (κ2) is 4.03. The van der Waals surface area contributed by atoms with Crippen molar-refractivity contribution in [1.82, 2.24) is 10.2 Å². The van der Waals surface area contributed by atoms with Gasteiger partial charge in [-0.05, 0) is 19.9 Å². The number of nitriles is 1. The minimum atomic E-state index is -0.454. The van der Waals surface area contributed by atoms with Gasteiger partial charge >= 0.3 is 0 Å². The number of nitrogens with two attached hydrogens (primary N) is 1. The highest BCUT2D eigenvalue weighted by Gasteiger charge is 2.13. The van der Waals surface area contributed by atoms with E-state index < -0.39 is 5.54 Å². The third-order valence-corrected chi connectivity index (χ3v) is 1.39. The third kappa shape index (κ3) is 2.99. The third-order valence-electron chi connectivity index (χ3n) is 1.39. The summed E-state index contributed by atoms with van der Waals surface area (Å²) < 4.78 is 5.27. The van der Waals surface area contributed by atoms with E-state index in [0.717, 1.165) is 0 Å². The molecule has 1 aromatic rings. The molecule has 0 spiro atoms. The van der Waals surface area contributed by atoms with Gasteiger partial charge in [0.05, 0.1) is 6.20 Å². The molecule has 74 valence electrons. The van der Waals surface area contributed by atoms with Crippen LogP contribution in [0.3, 0.4) is 0 Å². The Morgan fingerprint density at radius 1 is 1.64 bits per heavy atom. The van der Waals surface area contributed by atoms with Crippen LogP contribution < -0.4 is 10.5 Å². The Balaban J connectivity index is 2.73. The van der Waals surface area contributed by atoms with Crippen molar-refractivity contribution in [3.63, 3.8) is 0 Å². The number of rotatable bonds is 3. The molecule has 1 aromatic heterocycles. The maximum absolute atomic E-state index is 8.72. The molecule has 0 bridgehead atoms. The van der Waals surface area contributed by atoms with E-state index in [1.165, 1.54) is 6.20 Å². The summed E-state index contributed by atoms with van der Waals surface area (Å²) in [6.45, 7) is 3.95. The summed E-state index contributed by atoms with van der Waals surface area (Å²) in [5.41, 5.74) is 5.63. The fraction of sp³-hybridized carbons (Fsp3) is 0.444. The normalized spacial score (nSPS) is 10.7. The summed E-state index contributed by atoms with van der Waals surface area (Å²) in [4.78, 5) is 0. The fourth-order valence-electron chi connectivity index (χ4n) is 0.765. The molecule has 14 heavy (non-hydrogen) atoms. The van der Waals surface area contributed by atoms with Gasteiger partial charge in [-0.25, -0.2) is 0 Å². The summed E-state index contributed by atoms with van der Waals surface area (Å²) >= 11 is 0. The average molecular weight is 192 g/mol. The van der Waals surface area contributed by atoms with Crippen LogP contribution in [0.25, 0.3) is 0 Å². The lowest BCUT2D eigenvalue weighted by atomic mass is 10.1. The van der Waals surface area contributed by atoms with Gasteiger partial charge in [0, 0.05) is 5.54 Å². The predicted molar refractivity (Wildman–Crippen MR) is 50.5 cm³/mol. The van der Waals surface area contributed by atoms with Gasteiger partial charge in [-0.2, -0.15) is 10.4 Å². The number of hydrogen-bond donors (Lipinski definition) is 1. The van der Waals surface area contributed by atoms with Gasteiger partial charge in [0.15, 0.2) is 0 Å². The quantitative estimate of drug-likeness (QED) is 0.752. The lowest BCUT2D eigenvalue weighted by Gasteiger charge is -2.18. The maximum Gasteiger partial charge on any atom is 0.251 e. The Hall–Kier alpha value is -1.67. The van der Waals surface area contributed by atoms with E-state index in [4.69, 9.17) is 15.7 Å². The molecule has 2 N–H and O–H groups in total. The highest BCUT2D eigenvalue weighted by molar-refractivity contribution is 5.35. The number of hydrogen-bond acceptors (Lipinski definition) is 5. The molecule has 0 atom stereocenters. The molecular weight excluding hydrogens is 180 g/mol. The van der Waals surface area contributed by atoms with Crippen LogP contribution in [-0.4, -0.2) is 22.3 Å². The predicted octanol–water partition coefficient (Wildman–Crippen LogP) is 0.464. The van der Waals surface area contributed by atoms with Crippen LogP contribution in [0.5, 0.6) is 5.88 Å². The largest absolute Gasteiger partial charge is 0.474 e. The summed E-state index contributed by atoms with van der Waals surface area (Å²) in [6, 6.07) is 3.51. The topological polar surface area (TPSA) is 84.8 Å². The Kier molecular flexibility index (Phi) is 2.99. The average Bonchev–Trinajstić information content (AvgIpc) is 2.14. The van der Waals surface area contributed by atoms with Gasteiger partial charge in [-0.1, -0.05) is 0 Å². The van der Waals surface area contributed by atoms with Gasteiger partial charge < -0.3 is 10.5 Å². The van der Waals surface area contributed by atoms with E-state index >= 15 is 0 Å². The van der Waals surface area contributed by atoms with Crippen molar-refractivity contribution < 1.29 is 4.74 Å². The molecule has 1 heterocycles. The van der Waals surface area contributed by atoms with Crippen LogP contribution in [-0.2, 0) is 0 Å². The van der Waals surface area contributed by atoms with Crippen molar-refractivity contribution >= 4 is 0 Å². The Morgan fingerprint density at radius 2 is 2.36 bits per heavy atom. The first kappa shape index (κ1) is 10.4. The summed E-state index contributed by atoms with van der Waals surface area (Å²) in [6.07, 6.45) is 1.44. The number of ether oxygens (including phenoxy) is 1. The molecular formula is C9H12N4O. The van der Waals surface area contributed by atoms with Crippen molar-refractivity contribution in [3.8, 4) is 11.9 Å². The maximum atomic E-state index is 8.72. The van der Waals surface area contributed by atoms with Gasteiger partial charge in [0.1, 0.15) is 18.2 Å². The van der Waals surface area contributed by atoms with E-state index in [1.54, 1.807) is 6.07 Å². The molecule has 0 aromatic carbocycles. The molecule has 0 amide bonds. The number of nitrogens with zero attached hydrogens (tertiary/aromatic N) is 3. The monoisotopic (exact) mass is 192 g/mol. The summed E-state index contributed by atoms with van der Waals surface area (Å²) in [7, 11) is 0. The lowest BCUT2D eigenvalue weighted by Crippen LogP contribution is -2.39. The standard InChI is InChI=1S/C9H12N4O/c1-9(2,11)6-14-8-7(5-10)3-4-12-13-8/h3-4H,6,11H2,1-2H3. The van der Waals surface area contributed by atoms with E-state index in [2.05, 4.69) is 10.2 Å². The van der Waals surface area contributed by atoms with Crippen LogP contribution in [0.15, 0.2) is 12.3 Å². The van der Waals surface area contributed by atoms with E-state index in [-0.39, 0.29) is 5.88 Å². The van der Waals surface area contributed by atoms with Crippen molar-refractivity contribution in [3.05, 3.63) is 17.8 Å². The minimum Gasteiger partial charge on any atom is -0.474 e. The highest BCUT2D eigenvalue weighted by Crippen LogP contribution is 2.12. The Bertz CT molecular complexity index is 351. The highest BCUT2D eigenvalue weighted by atomic mass is 16.5. The smallest absolute Gasteiger partial charge is 0.251 e. The van der Waals surface area contributed by atoms with E-state index in [9.17, 15) is 0 Å². The summed E-state index contributed by atoms with van der Waals surface area (Å²) in [5.74, 6) is 0.230. The van der Waals surface area contributed by atoms with Gasteiger partial charge in [-0.15, -0.1) is 5.10 Å². The molecule has 0 saturated carbocycles. The van der Waals surface area contributed by atoms with Gasteiger partial charge in [-0.3, -0.25) is 0 Å². The SMILES string of the molecule is CC(C)(N)COc1nnccc1C#N. The van der Waals surface area contributed by atoms with Crippen molar-refractivity contribution in [1.29, 1.82) is 5.26 Å². The molecule has 0 unspecified atom stereocenters. The van der Waals surface area contributed by atoms with Crippen molar-refractivity contribution in [2.75, 3.05) is 6.61 Å². The van der Waals surface area contributed by atoms with Gasteiger partial charge in [0.25, 0.3) is 5.88 Å². The zero-order valence-corrected chi connectivity index (χ0v) is 8.19. The van der Waals surface area contributed by atoms with Crippen molar-refractivity contribution in [2.24, 2.45) is 5.73 Å².